The first-order valence-corrected chi connectivity index (χ1v) is 23.5. The minimum Gasteiger partial charge on any atom is -0.0618 e. The zero-order valence-corrected chi connectivity index (χ0v) is 31.0. The Morgan fingerprint density at radius 3 is 0.649 bits per heavy atom. The monoisotopic (exact) mass is 674 g/mol. The van der Waals surface area contributed by atoms with Crippen molar-refractivity contribution in [2.45, 2.75) is 80.0 Å². The Morgan fingerprint density at radius 1 is 0.351 bits per heavy atom. The van der Waals surface area contributed by atoms with E-state index in [4.69, 9.17) is 0 Å². The average molecular weight is 675 g/mol. The van der Waals surface area contributed by atoms with Gasteiger partial charge in [0.05, 0.1) is 73.9 Å². The second-order valence-corrected chi connectivity index (χ2v) is 23.1. The van der Waals surface area contributed by atoms with Gasteiger partial charge in [0.15, 0.2) is 0 Å². The maximum absolute atomic E-state index is 2.39. The van der Waals surface area contributed by atoms with Crippen LogP contribution in [-0.2, 0) is 45.1 Å². The van der Waals surface area contributed by atoms with E-state index in [1.807, 2.05) is 0 Å². The molecule has 214 valence electrons. The fourth-order valence-electron chi connectivity index (χ4n) is 4.88. The Morgan fingerprint density at radius 2 is 0.514 bits per heavy atom. The van der Waals surface area contributed by atoms with Crippen LogP contribution in [0.25, 0.3) is 0 Å². The molecule has 0 heterocycles. The largest absolute Gasteiger partial charge is 0.0824 e. The van der Waals surface area contributed by atoms with Crippen molar-refractivity contribution in [3.8, 4) is 0 Å². The summed E-state index contributed by atoms with van der Waals surface area (Å²) in [6.45, 7) is 19.0. The van der Waals surface area contributed by atoms with E-state index >= 15 is 0 Å². The number of hydrogen-bond donors (Lipinski definition) is 0. The van der Waals surface area contributed by atoms with Gasteiger partial charge in [-0.25, -0.2) is 0 Å². The summed E-state index contributed by atoms with van der Waals surface area (Å²) < 4.78 is 0. The summed E-state index contributed by atoms with van der Waals surface area (Å²) in [6, 6.07) is 18.5. The van der Waals surface area contributed by atoms with E-state index in [1.165, 1.54) is 73.9 Å². The van der Waals surface area contributed by atoms with Gasteiger partial charge in [0.1, 0.15) is 0 Å². The third-order valence-electron chi connectivity index (χ3n) is 8.00. The molecule has 0 spiro atoms. The molecule has 0 saturated heterocycles. The standard InChI is InChI=1S/2C16H28P2.Pd/c2*1-5-17(6-2)13-15-11-9-10-12-16(15)14-18(7-3)8-4;/h2*9-12H,5-8,13-14H2,1-4H3;/p+4. The topological polar surface area (TPSA) is 0 Å². The third kappa shape index (κ3) is 14.9. The summed E-state index contributed by atoms with van der Waals surface area (Å²) in [5.41, 5.74) is 6.66. The predicted molar refractivity (Wildman–Crippen MR) is 185 cm³/mol. The molecule has 0 amide bonds. The molecule has 0 nitrogen and oxygen atoms in total. The maximum atomic E-state index is 2.39. The van der Waals surface area contributed by atoms with E-state index in [-0.39, 0.29) is 52.1 Å². The Kier molecular flexibility index (Phi) is 24.0. The van der Waals surface area contributed by atoms with Crippen LogP contribution in [-0.4, -0.2) is 49.3 Å². The molecule has 0 aliphatic carbocycles. The molecule has 2 aromatic rings. The van der Waals surface area contributed by atoms with E-state index in [0.29, 0.717) is 0 Å². The number of benzene rings is 2. The Labute approximate surface area is 251 Å². The minimum atomic E-state index is -0.135. The zero-order chi connectivity index (χ0) is 26.8. The van der Waals surface area contributed by atoms with Crippen molar-refractivity contribution in [1.82, 2.24) is 0 Å². The molecule has 0 aliphatic rings. The predicted octanol–water partition coefficient (Wildman–Crippen LogP) is 10.4. The molecule has 37 heavy (non-hydrogen) atoms. The zero-order valence-electron chi connectivity index (χ0n) is 25.4. The summed E-state index contributed by atoms with van der Waals surface area (Å²) in [4.78, 5) is 0. The van der Waals surface area contributed by atoms with Crippen LogP contribution in [0.3, 0.4) is 0 Å². The molecular formula is C32H60P4Pd+4. The van der Waals surface area contributed by atoms with Crippen molar-refractivity contribution in [2.24, 2.45) is 0 Å². The SMILES string of the molecule is CC[PH+](CC)Cc1ccccc1C[PH+](CC)CC.CC[PH+](CC)Cc1ccccc1C[PH+](CC)CC.[Pd]. The van der Waals surface area contributed by atoms with Crippen molar-refractivity contribution in [3.05, 3.63) is 70.8 Å². The van der Waals surface area contributed by atoms with Gasteiger partial charge in [-0.1, -0.05) is 48.5 Å². The van der Waals surface area contributed by atoms with Crippen molar-refractivity contribution < 1.29 is 20.4 Å². The van der Waals surface area contributed by atoms with Gasteiger partial charge < -0.3 is 0 Å². The van der Waals surface area contributed by atoms with Crippen LogP contribution in [0.5, 0.6) is 0 Å². The molecule has 0 bridgehead atoms. The first-order valence-electron chi connectivity index (χ1n) is 15.0. The van der Waals surface area contributed by atoms with Gasteiger partial charge in [0.2, 0.25) is 0 Å². The second kappa shape index (κ2) is 23.5. The smallest absolute Gasteiger partial charge is 0.0618 e. The molecule has 0 aliphatic heterocycles. The molecule has 0 atom stereocenters. The Bertz CT molecular complexity index is 663. The van der Waals surface area contributed by atoms with Crippen LogP contribution >= 0.6 is 31.7 Å². The van der Waals surface area contributed by atoms with Crippen molar-refractivity contribution >= 4 is 31.7 Å². The summed E-state index contributed by atoms with van der Waals surface area (Å²) in [7, 11) is -0.539. The normalized spacial score (nSPS) is 11.1. The Hall–Kier alpha value is 0.822. The number of rotatable bonds is 16. The van der Waals surface area contributed by atoms with Gasteiger partial charge in [-0.2, -0.15) is 0 Å². The molecular weight excluding hydrogens is 615 g/mol. The number of hydrogen-bond acceptors (Lipinski definition) is 0. The van der Waals surface area contributed by atoms with Gasteiger partial charge in [-0.05, 0) is 77.6 Å². The molecule has 0 fully saturated rings. The van der Waals surface area contributed by atoms with Gasteiger partial charge in [0.25, 0.3) is 0 Å². The van der Waals surface area contributed by atoms with Crippen LogP contribution in [0.4, 0.5) is 0 Å². The van der Waals surface area contributed by atoms with Crippen molar-refractivity contribution in [1.29, 1.82) is 0 Å². The summed E-state index contributed by atoms with van der Waals surface area (Å²) in [5.74, 6) is 0. The minimum absolute atomic E-state index is 0. The molecule has 0 radical (unpaired) electrons. The molecule has 0 unspecified atom stereocenters. The van der Waals surface area contributed by atoms with Crippen LogP contribution in [0.2, 0.25) is 0 Å². The van der Waals surface area contributed by atoms with E-state index < -0.39 is 0 Å². The van der Waals surface area contributed by atoms with Crippen LogP contribution < -0.4 is 0 Å². The first-order chi connectivity index (χ1) is 17.5. The van der Waals surface area contributed by atoms with E-state index in [2.05, 4.69) is 104 Å². The van der Waals surface area contributed by atoms with Crippen molar-refractivity contribution in [3.63, 3.8) is 0 Å². The molecule has 2 aromatic carbocycles. The van der Waals surface area contributed by atoms with E-state index in [9.17, 15) is 0 Å². The quantitative estimate of drug-likeness (QED) is 0.123. The molecule has 0 aromatic heterocycles. The third-order valence-corrected chi connectivity index (χ3v) is 19.5. The maximum Gasteiger partial charge on any atom is 0.0824 e. The molecule has 0 saturated carbocycles. The van der Waals surface area contributed by atoms with Crippen LogP contribution in [0.15, 0.2) is 48.5 Å². The van der Waals surface area contributed by atoms with Gasteiger partial charge >= 0.3 is 0 Å². The van der Waals surface area contributed by atoms with E-state index in [1.54, 1.807) is 22.3 Å². The average Bonchev–Trinajstić information content (AvgIpc) is 2.93. The second-order valence-electron chi connectivity index (χ2n) is 10.1. The summed E-state index contributed by atoms with van der Waals surface area (Å²) in [5, 5.41) is 0. The van der Waals surface area contributed by atoms with Crippen LogP contribution in [0.1, 0.15) is 77.6 Å². The van der Waals surface area contributed by atoms with Gasteiger partial charge in [0, 0.05) is 52.1 Å². The van der Waals surface area contributed by atoms with E-state index in [0.717, 1.165) is 0 Å². The van der Waals surface area contributed by atoms with Crippen LogP contribution in [0, 0.1) is 0 Å². The first kappa shape index (κ1) is 37.8. The molecule has 5 heteroatoms. The van der Waals surface area contributed by atoms with Crippen molar-refractivity contribution in [2.75, 3.05) is 49.3 Å². The van der Waals surface area contributed by atoms with Gasteiger partial charge in [-0.15, -0.1) is 0 Å². The molecule has 2 rings (SSSR count). The molecule has 0 N–H and O–H groups in total. The Balaban J connectivity index is 0.000000682. The summed E-state index contributed by atoms with van der Waals surface area (Å²) >= 11 is 0. The summed E-state index contributed by atoms with van der Waals surface area (Å²) in [6.07, 6.45) is 16.8. The fourth-order valence-corrected chi connectivity index (χ4v) is 12.4. The van der Waals surface area contributed by atoms with Gasteiger partial charge in [-0.3, -0.25) is 0 Å². The fraction of sp³-hybridized carbons (Fsp3) is 0.625.